The van der Waals surface area contributed by atoms with Gasteiger partial charge in [0.25, 0.3) is 15.9 Å². The van der Waals surface area contributed by atoms with Gasteiger partial charge in [0, 0.05) is 17.8 Å². The highest BCUT2D eigenvalue weighted by atomic mass is 32.2. The molecule has 0 aliphatic carbocycles. The third kappa shape index (κ3) is 3.80. The number of nitrogens with zero attached hydrogens (tertiary/aromatic N) is 1. The molecule has 0 radical (unpaired) electrons. The SMILES string of the molecule is O=C(NCCO)c1ccc(NS(=O)(=O)c2cnc[nH]2)cc1. The molecule has 9 heteroatoms. The molecule has 0 saturated carbocycles. The van der Waals surface area contributed by atoms with Gasteiger partial charge in [0.15, 0.2) is 5.03 Å². The number of aromatic amines is 1. The average molecular weight is 310 g/mol. The molecule has 0 atom stereocenters. The van der Waals surface area contributed by atoms with Crippen LogP contribution in [-0.4, -0.2) is 42.6 Å². The molecule has 1 aromatic carbocycles. The van der Waals surface area contributed by atoms with Gasteiger partial charge in [-0.1, -0.05) is 0 Å². The van der Waals surface area contributed by atoms with Gasteiger partial charge in [-0.3, -0.25) is 9.52 Å². The van der Waals surface area contributed by atoms with Gasteiger partial charge in [-0.25, -0.2) is 4.98 Å². The lowest BCUT2D eigenvalue weighted by molar-refractivity contribution is 0.0945. The molecule has 4 N–H and O–H groups in total. The number of rotatable bonds is 6. The van der Waals surface area contributed by atoms with E-state index in [1.807, 2.05) is 0 Å². The lowest BCUT2D eigenvalue weighted by Crippen LogP contribution is -2.26. The molecule has 21 heavy (non-hydrogen) atoms. The zero-order chi connectivity index (χ0) is 15.3. The van der Waals surface area contributed by atoms with Gasteiger partial charge >= 0.3 is 0 Å². The maximum absolute atomic E-state index is 11.9. The number of amides is 1. The van der Waals surface area contributed by atoms with E-state index in [1.54, 1.807) is 0 Å². The van der Waals surface area contributed by atoms with Crippen molar-refractivity contribution in [3.63, 3.8) is 0 Å². The lowest BCUT2D eigenvalue weighted by atomic mass is 10.2. The number of benzene rings is 1. The van der Waals surface area contributed by atoms with E-state index in [1.165, 1.54) is 36.8 Å². The van der Waals surface area contributed by atoms with Crippen molar-refractivity contribution in [2.75, 3.05) is 17.9 Å². The minimum absolute atomic E-state index is 0.0488. The van der Waals surface area contributed by atoms with Crippen molar-refractivity contribution in [3.05, 3.63) is 42.4 Å². The van der Waals surface area contributed by atoms with Crippen LogP contribution >= 0.6 is 0 Å². The number of carbonyl (C=O) groups is 1. The number of imidazole rings is 1. The average Bonchev–Trinajstić information content (AvgIpc) is 3.00. The quantitative estimate of drug-likeness (QED) is 0.594. The summed E-state index contributed by atoms with van der Waals surface area (Å²) in [5.74, 6) is -0.341. The largest absolute Gasteiger partial charge is 0.395 e. The maximum atomic E-state index is 11.9. The molecule has 1 aromatic heterocycles. The summed E-state index contributed by atoms with van der Waals surface area (Å²) in [7, 11) is -3.72. The Labute approximate surface area is 121 Å². The Kier molecular flexibility index (Phi) is 4.55. The first kappa shape index (κ1) is 15.0. The standard InChI is InChI=1S/C12H14N4O4S/c17-6-5-14-12(18)9-1-3-10(4-2-9)16-21(19,20)11-7-13-8-15-11/h1-4,7-8,16-17H,5-6H2,(H,13,15)(H,14,18). The van der Waals surface area contributed by atoms with Crippen LogP contribution in [0.4, 0.5) is 5.69 Å². The van der Waals surface area contributed by atoms with E-state index in [-0.39, 0.29) is 24.1 Å². The highest BCUT2D eigenvalue weighted by Gasteiger charge is 2.15. The summed E-state index contributed by atoms with van der Waals surface area (Å²) < 4.78 is 26.2. The van der Waals surface area contributed by atoms with Crippen LogP contribution in [0.5, 0.6) is 0 Å². The fourth-order valence-corrected chi connectivity index (χ4v) is 2.53. The molecule has 112 valence electrons. The van der Waals surface area contributed by atoms with Crippen molar-refractivity contribution in [1.82, 2.24) is 15.3 Å². The van der Waals surface area contributed by atoms with E-state index >= 15 is 0 Å². The Hall–Kier alpha value is -2.39. The number of anilines is 1. The van der Waals surface area contributed by atoms with E-state index in [2.05, 4.69) is 20.0 Å². The van der Waals surface area contributed by atoms with Crippen LogP contribution in [0.15, 0.2) is 41.8 Å². The van der Waals surface area contributed by atoms with E-state index in [0.29, 0.717) is 11.3 Å². The minimum atomic E-state index is -3.72. The molecule has 0 saturated heterocycles. The van der Waals surface area contributed by atoms with Crippen LogP contribution < -0.4 is 10.0 Å². The molecule has 0 spiro atoms. The predicted molar refractivity (Wildman–Crippen MR) is 75.3 cm³/mol. The summed E-state index contributed by atoms with van der Waals surface area (Å²) in [5.41, 5.74) is 0.691. The third-order valence-electron chi connectivity index (χ3n) is 2.56. The fourth-order valence-electron chi connectivity index (χ4n) is 1.56. The van der Waals surface area contributed by atoms with Gasteiger partial charge in [0.2, 0.25) is 0 Å². The van der Waals surface area contributed by atoms with E-state index in [4.69, 9.17) is 5.11 Å². The zero-order valence-corrected chi connectivity index (χ0v) is 11.7. The predicted octanol–water partition coefficient (Wildman–Crippen LogP) is -0.0674. The molecule has 2 rings (SSSR count). The van der Waals surface area contributed by atoms with Gasteiger partial charge in [-0.2, -0.15) is 8.42 Å². The molecule has 0 unspecified atom stereocenters. The molecule has 0 aliphatic heterocycles. The molecule has 0 bridgehead atoms. The topological polar surface area (TPSA) is 124 Å². The molecule has 0 aliphatic rings. The van der Waals surface area contributed by atoms with Crippen molar-refractivity contribution < 1.29 is 18.3 Å². The Morgan fingerprint density at radius 3 is 2.57 bits per heavy atom. The van der Waals surface area contributed by atoms with Crippen molar-refractivity contribution in [3.8, 4) is 0 Å². The Balaban J connectivity index is 2.08. The fraction of sp³-hybridized carbons (Fsp3) is 0.167. The number of aliphatic hydroxyl groups excluding tert-OH is 1. The summed E-state index contributed by atoms with van der Waals surface area (Å²) in [6.07, 6.45) is 2.46. The number of sulfonamides is 1. The van der Waals surface area contributed by atoms with Crippen molar-refractivity contribution >= 4 is 21.6 Å². The summed E-state index contributed by atoms with van der Waals surface area (Å²) in [5, 5.41) is 11.1. The van der Waals surface area contributed by atoms with Gasteiger partial charge < -0.3 is 15.4 Å². The summed E-state index contributed by atoms with van der Waals surface area (Å²) >= 11 is 0. The molecule has 2 aromatic rings. The Bertz CT molecular complexity index is 695. The second-order valence-corrected chi connectivity index (χ2v) is 5.73. The number of hydrogen-bond donors (Lipinski definition) is 4. The molecule has 1 heterocycles. The summed E-state index contributed by atoms with van der Waals surface area (Å²) in [4.78, 5) is 17.8. The van der Waals surface area contributed by atoms with Gasteiger partial charge in [0.1, 0.15) is 0 Å². The molecular weight excluding hydrogens is 296 g/mol. The number of nitrogens with one attached hydrogen (secondary N) is 3. The number of hydrogen-bond acceptors (Lipinski definition) is 5. The molecular formula is C12H14N4O4S. The first-order chi connectivity index (χ1) is 10.0. The maximum Gasteiger partial charge on any atom is 0.278 e. The summed E-state index contributed by atoms with van der Waals surface area (Å²) in [6, 6.07) is 5.92. The highest BCUT2D eigenvalue weighted by Crippen LogP contribution is 2.14. The van der Waals surface area contributed by atoms with Crippen molar-refractivity contribution in [2.45, 2.75) is 5.03 Å². The number of aromatic nitrogens is 2. The molecule has 1 amide bonds. The smallest absolute Gasteiger partial charge is 0.278 e. The van der Waals surface area contributed by atoms with E-state index < -0.39 is 10.0 Å². The summed E-state index contributed by atoms with van der Waals surface area (Å²) in [6.45, 7) is 0.0147. The Morgan fingerprint density at radius 2 is 2.00 bits per heavy atom. The second kappa shape index (κ2) is 6.37. The number of H-pyrrole nitrogens is 1. The molecule has 8 nitrogen and oxygen atoms in total. The number of carbonyl (C=O) groups excluding carboxylic acids is 1. The zero-order valence-electron chi connectivity index (χ0n) is 10.9. The van der Waals surface area contributed by atoms with Crippen LogP contribution in [0.1, 0.15) is 10.4 Å². The monoisotopic (exact) mass is 310 g/mol. The third-order valence-corrected chi connectivity index (χ3v) is 3.87. The highest BCUT2D eigenvalue weighted by molar-refractivity contribution is 7.92. The van der Waals surface area contributed by atoms with Crippen LogP contribution in [-0.2, 0) is 10.0 Å². The van der Waals surface area contributed by atoms with E-state index in [0.717, 1.165) is 0 Å². The van der Waals surface area contributed by atoms with Crippen LogP contribution in [0.2, 0.25) is 0 Å². The van der Waals surface area contributed by atoms with Gasteiger partial charge in [0.05, 0.1) is 19.1 Å². The Morgan fingerprint density at radius 1 is 1.29 bits per heavy atom. The number of aliphatic hydroxyl groups is 1. The van der Waals surface area contributed by atoms with Crippen molar-refractivity contribution in [1.29, 1.82) is 0 Å². The van der Waals surface area contributed by atoms with E-state index in [9.17, 15) is 13.2 Å². The second-order valence-electron chi connectivity index (χ2n) is 4.08. The van der Waals surface area contributed by atoms with Crippen LogP contribution in [0.25, 0.3) is 0 Å². The van der Waals surface area contributed by atoms with Gasteiger partial charge in [-0.15, -0.1) is 0 Å². The lowest BCUT2D eigenvalue weighted by Gasteiger charge is -2.07. The normalized spacial score (nSPS) is 11.1. The first-order valence-electron chi connectivity index (χ1n) is 6.03. The van der Waals surface area contributed by atoms with Gasteiger partial charge in [-0.05, 0) is 24.3 Å². The van der Waals surface area contributed by atoms with Crippen molar-refractivity contribution in [2.24, 2.45) is 0 Å². The van der Waals surface area contributed by atoms with Crippen LogP contribution in [0.3, 0.4) is 0 Å². The first-order valence-corrected chi connectivity index (χ1v) is 7.51. The van der Waals surface area contributed by atoms with Crippen LogP contribution in [0, 0.1) is 0 Å². The molecule has 0 fully saturated rings. The minimum Gasteiger partial charge on any atom is -0.395 e.